The van der Waals surface area contributed by atoms with E-state index in [9.17, 15) is 33.6 Å². The number of imide groups is 2. The van der Waals surface area contributed by atoms with Crippen LogP contribution in [0.1, 0.15) is 117 Å². The van der Waals surface area contributed by atoms with Crippen molar-refractivity contribution in [1.82, 2.24) is 29.7 Å². The highest BCUT2D eigenvalue weighted by molar-refractivity contribution is 7.46. The predicted molar refractivity (Wildman–Crippen MR) is 287 cm³/mol. The molecule has 2 unspecified atom stereocenters. The Morgan fingerprint density at radius 2 is 1.58 bits per heavy atom. The number of nitrogens with zero attached hydrogens (tertiary/aromatic N) is 9. The number of aliphatic hydroxyl groups excluding tert-OH is 1. The molecule has 3 fully saturated rings. The summed E-state index contributed by atoms with van der Waals surface area (Å²) in [5.41, 5.74) is 7.18. The summed E-state index contributed by atoms with van der Waals surface area (Å²) in [6.45, 7) is 8.76. The second-order valence-corrected chi connectivity index (χ2v) is 23.1. The average Bonchev–Trinajstić information content (AvgIpc) is 4.03. The summed E-state index contributed by atoms with van der Waals surface area (Å²) in [5, 5.41) is 14.7. The van der Waals surface area contributed by atoms with Gasteiger partial charge in [-0.2, -0.15) is 0 Å². The molecule has 6 aliphatic rings. The van der Waals surface area contributed by atoms with Crippen LogP contribution in [-0.4, -0.2) is 145 Å². The number of benzene rings is 1. The van der Waals surface area contributed by atoms with Crippen LogP contribution < -0.4 is 24.8 Å². The van der Waals surface area contributed by atoms with Crippen LogP contribution >= 0.6 is 19.2 Å². The second-order valence-electron chi connectivity index (χ2n) is 20.7. The molecule has 11 rings (SSSR count). The first-order valence-corrected chi connectivity index (χ1v) is 28.6. The fraction of sp³-hybridized carbons (Fsp3) is 0.444. The number of piperazine rings is 1. The number of pyridine rings is 3. The number of aliphatic hydroxyl groups is 1. The lowest BCUT2D eigenvalue weighted by Gasteiger charge is -2.48. The Morgan fingerprint density at radius 3 is 2.32 bits per heavy atom. The number of thiophene rings is 1. The molecule has 5 atom stereocenters. The molecule has 0 saturated carbocycles. The number of hydrogen-bond donors (Lipinski definition) is 4. The van der Waals surface area contributed by atoms with Crippen molar-refractivity contribution >= 4 is 77.4 Å². The zero-order chi connectivity index (χ0) is 54.0. The Balaban J connectivity index is 0.718. The fourth-order valence-corrected chi connectivity index (χ4v) is 13.9. The van der Waals surface area contributed by atoms with Gasteiger partial charge in [0, 0.05) is 91.4 Å². The molecular weight excluding hydrogens is 1030 g/mol. The van der Waals surface area contributed by atoms with E-state index in [2.05, 4.69) is 49.4 Å². The smallest absolute Gasteiger partial charge is 0.471 e. The number of hydrogen-bond acceptors (Lipinski definition) is 17. The number of aryl methyl sites for hydroxylation is 1. The molecule has 0 bridgehead atoms. The molecule has 4 aromatic heterocycles. The van der Waals surface area contributed by atoms with Gasteiger partial charge in [0.15, 0.2) is 0 Å². The highest BCUT2D eigenvalue weighted by atomic mass is 32.1. The van der Waals surface area contributed by atoms with Gasteiger partial charge in [-0.05, 0) is 131 Å². The quantitative estimate of drug-likeness (QED) is 0.0753. The summed E-state index contributed by atoms with van der Waals surface area (Å²) in [4.78, 5) is 112. The normalized spacial score (nSPS) is 22.6. The number of anilines is 5. The number of methoxy groups -OCH3 is 1. The van der Waals surface area contributed by atoms with E-state index < -0.39 is 50.3 Å². The minimum Gasteiger partial charge on any atom is -0.480 e. The first-order valence-electron chi connectivity index (χ1n) is 26.2. The predicted octanol–water partition coefficient (Wildman–Crippen LogP) is 6.24. The van der Waals surface area contributed by atoms with Crippen LogP contribution in [0, 0.1) is 0 Å². The molecule has 9 heterocycles. The number of carbonyl (C=O) groups is 5. The number of ether oxygens (including phenoxy) is 1. The van der Waals surface area contributed by atoms with Gasteiger partial charge in [0.05, 0.1) is 41.1 Å². The first kappa shape index (κ1) is 52.4. The van der Waals surface area contributed by atoms with Crippen LogP contribution in [0.3, 0.4) is 0 Å². The number of aromatic nitrogens is 3. The summed E-state index contributed by atoms with van der Waals surface area (Å²) < 4.78 is 21.4. The van der Waals surface area contributed by atoms with Gasteiger partial charge in [0.25, 0.3) is 23.6 Å². The molecule has 23 heteroatoms. The Kier molecular flexibility index (Phi) is 14.3. The summed E-state index contributed by atoms with van der Waals surface area (Å²) in [6, 6.07) is 12.1. The largest absolute Gasteiger partial charge is 0.480 e. The van der Waals surface area contributed by atoms with Crippen molar-refractivity contribution in [2.45, 2.75) is 109 Å². The number of nitrogens with one attached hydrogen (secondary N) is 1. The molecule has 404 valence electrons. The van der Waals surface area contributed by atoms with Crippen molar-refractivity contribution in [2.75, 3.05) is 66.6 Å². The number of amides is 5. The van der Waals surface area contributed by atoms with Gasteiger partial charge >= 0.3 is 7.82 Å². The Hall–Kier alpha value is -6.65. The van der Waals surface area contributed by atoms with E-state index in [0.29, 0.717) is 63.9 Å². The fourth-order valence-electron chi connectivity index (χ4n) is 12.3. The van der Waals surface area contributed by atoms with E-state index in [-0.39, 0.29) is 42.0 Å². The maximum absolute atomic E-state index is 14.1. The lowest BCUT2D eigenvalue weighted by molar-refractivity contribution is -0.155. The van der Waals surface area contributed by atoms with E-state index >= 15 is 0 Å². The molecule has 5 aromatic rings. The molecule has 5 amide bonds. The van der Waals surface area contributed by atoms with Gasteiger partial charge in [-0.25, -0.2) is 19.5 Å². The lowest BCUT2D eigenvalue weighted by atomic mass is 9.91. The van der Waals surface area contributed by atoms with E-state index in [1.165, 1.54) is 16.0 Å². The second kappa shape index (κ2) is 21.0. The summed E-state index contributed by atoms with van der Waals surface area (Å²) in [6.07, 6.45) is 10.8. The molecule has 3 saturated heterocycles. The number of phosphoric acid groups is 1. The van der Waals surface area contributed by atoms with Crippen molar-refractivity contribution in [3.05, 3.63) is 98.6 Å². The van der Waals surface area contributed by atoms with Crippen molar-refractivity contribution in [2.24, 2.45) is 0 Å². The monoisotopic (exact) mass is 1090 g/mol. The van der Waals surface area contributed by atoms with Gasteiger partial charge in [0.1, 0.15) is 30.1 Å². The van der Waals surface area contributed by atoms with E-state index in [1.54, 1.807) is 54.8 Å². The summed E-state index contributed by atoms with van der Waals surface area (Å²) in [7, 11) is -3.45. The molecule has 4 N–H and O–H groups in total. The number of phosphoric ester groups is 1. The van der Waals surface area contributed by atoms with Gasteiger partial charge in [0.2, 0.25) is 11.8 Å². The zero-order valence-electron chi connectivity index (χ0n) is 43.3. The number of piperidine rings is 2. The van der Waals surface area contributed by atoms with Crippen LogP contribution in [0.4, 0.5) is 28.7 Å². The van der Waals surface area contributed by atoms with Crippen molar-refractivity contribution in [3.63, 3.8) is 0 Å². The Labute approximate surface area is 449 Å². The zero-order valence-corrected chi connectivity index (χ0v) is 45.0. The van der Waals surface area contributed by atoms with E-state index in [0.717, 1.165) is 85.7 Å². The SMILES string of the molecule is COc1ncc(-c2ccnc(N3CCc4c(sc5c4CCCC5)C3=O)c2C(C)O)cc1Nc1ccc(N2CCN(C3CCN(c4ccc5c(c4)C(=O)N([C@H]4CCC(=O)N(COP(=O)(O)O)C4=O)C5=O)[C@H](C)C3)C[C@@H]2C)cn1. The van der Waals surface area contributed by atoms with Gasteiger partial charge in [-0.1, -0.05) is 0 Å². The first-order chi connectivity index (χ1) is 37.0. The molecule has 77 heavy (non-hydrogen) atoms. The van der Waals surface area contributed by atoms with Crippen LogP contribution in [0.15, 0.2) is 61.1 Å². The number of carbonyl (C=O) groups excluding carboxylic acids is 5. The average molecular weight is 1090 g/mol. The Bertz CT molecular complexity index is 3240. The van der Waals surface area contributed by atoms with Crippen molar-refractivity contribution in [1.29, 1.82) is 0 Å². The van der Waals surface area contributed by atoms with Gasteiger partial charge < -0.3 is 34.7 Å². The van der Waals surface area contributed by atoms with Gasteiger partial charge in [-0.3, -0.25) is 48.1 Å². The van der Waals surface area contributed by atoms with Crippen LogP contribution in [0.2, 0.25) is 0 Å². The molecule has 0 radical (unpaired) electrons. The van der Waals surface area contributed by atoms with Crippen molar-refractivity contribution < 1.29 is 52.7 Å². The van der Waals surface area contributed by atoms with E-state index in [4.69, 9.17) is 24.5 Å². The molecule has 0 spiro atoms. The topological polar surface area (TPSA) is 252 Å². The molecular formula is C54H61N10O11PS. The van der Waals surface area contributed by atoms with Crippen LogP contribution in [0.25, 0.3) is 11.1 Å². The number of likely N-dealkylation sites (tertiary alicyclic amines) is 1. The lowest BCUT2D eigenvalue weighted by Crippen LogP contribution is -2.58. The highest BCUT2D eigenvalue weighted by Gasteiger charge is 2.48. The third-order valence-electron chi connectivity index (χ3n) is 16.1. The number of fused-ring (bicyclic) bond motifs is 4. The van der Waals surface area contributed by atoms with E-state index in [1.807, 2.05) is 30.5 Å². The minimum absolute atomic E-state index is 0.0651. The Morgan fingerprint density at radius 1 is 0.805 bits per heavy atom. The third kappa shape index (κ3) is 9.89. The van der Waals surface area contributed by atoms with Crippen LogP contribution in [0.5, 0.6) is 5.88 Å². The summed E-state index contributed by atoms with van der Waals surface area (Å²) >= 11 is 1.62. The summed E-state index contributed by atoms with van der Waals surface area (Å²) in [5.74, 6) is -1.66. The molecule has 1 aromatic carbocycles. The van der Waals surface area contributed by atoms with Gasteiger partial charge in [-0.15, -0.1) is 11.3 Å². The molecule has 5 aliphatic heterocycles. The highest BCUT2D eigenvalue weighted by Crippen LogP contribution is 2.43. The van der Waals surface area contributed by atoms with Crippen molar-refractivity contribution in [3.8, 4) is 17.0 Å². The molecule has 1 aliphatic carbocycles. The van der Waals surface area contributed by atoms with Crippen LogP contribution in [-0.2, 0) is 37.9 Å². The third-order valence-corrected chi connectivity index (χ3v) is 17.8. The maximum atomic E-state index is 14.1. The minimum atomic E-state index is -5.01. The number of rotatable bonds is 13. The standard InChI is InChI=1S/C54H61N10O11PS/c1-30-23-34(16-19-60(30)35-9-11-40-41(25-35)52(68)64(51(40)67)43-12-14-46(66)63(53(43)69)29-75-76(71,72)73)59-21-22-61(31(2)28-59)36-10-13-45(56-27-36)58-42-24-33(26-57-50(42)74-4)37-15-18-55-49(47(37)32(3)65)62-20-17-39-38-7-5-6-8-44(38)77-48(39)54(62)70/h9-11,13,15,18,24-27,30-32,34,43,65H,5-8,12,14,16-17,19-23,28-29H2,1-4H3,(H,56,58)(H2,71,72,73)/t30-,31+,32?,34?,43+/m1/s1. The molecule has 21 nitrogen and oxygen atoms in total. The maximum Gasteiger partial charge on any atom is 0.471 e.